The van der Waals surface area contributed by atoms with E-state index in [4.69, 9.17) is 16.7 Å². The number of amides is 1. The van der Waals surface area contributed by atoms with Gasteiger partial charge in [-0.05, 0) is 41.5 Å². The van der Waals surface area contributed by atoms with E-state index in [0.717, 1.165) is 23.9 Å². The summed E-state index contributed by atoms with van der Waals surface area (Å²) in [6, 6.07) is 7.58. The molecule has 34 heavy (non-hydrogen) atoms. The van der Waals surface area contributed by atoms with Gasteiger partial charge in [-0.3, -0.25) is 0 Å². The molecule has 13 heteroatoms. The van der Waals surface area contributed by atoms with Crippen LogP contribution in [-0.4, -0.2) is 59.0 Å². The smallest absolute Gasteiger partial charge is 0.405 e. The number of nitrogens with one attached hydrogen (secondary N) is 1. The third-order valence-electron chi connectivity index (χ3n) is 4.93. The molecule has 3 aromatic rings. The quantitative estimate of drug-likeness (QED) is 0.276. The molecule has 0 aliphatic heterocycles. The Balaban J connectivity index is 2.12. The lowest BCUT2D eigenvalue weighted by Crippen LogP contribution is -2.43. The summed E-state index contributed by atoms with van der Waals surface area (Å²) < 4.78 is 15.0. The zero-order chi connectivity index (χ0) is 24.9. The molecule has 0 saturated carbocycles. The first-order chi connectivity index (χ1) is 16.1. The highest BCUT2D eigenvalue weighted by Crippen LogP contribution is 2.48. The van der Waals surface area contributed by atoms with Gasteiger partial charge >= 0.3 is 12.1 Å². The molecule has 0 radical (unpaired) electrons. The van der Waals surface area contributed by atoms with Gasteiger partial charge < -0.3 is 25.7 Å². The number of hydrogen-bond donors (Lipinski definition) is 5. The van der Waals surface area contributed by atoms with Crippen LogP contribution in [0.4, 0.5) is 9.18 Å². The van der Waals surface area contributed by atoms with Gasteiger partial charge in [0.15, 0.2) is 0 Å². The standard InChI is InChI=1S/C21H20ClFN4O6S/c22-16-6-5-14(28)7-15(16)18(34-8-17(19(29)30)26-20(31)32)21(33,9-27-11-24-10-25-27)12-1-3-13(23)4-2-12/h1-7,10-11,17-18,26,28,33H,8-9H2,(H,29,30)(H,31,32)/t17-,18?,21?/m0/s1. The van der Waals surface area contributed by atoms with E-state index in [9.17, 15) is 29.3 Å². The maximum atomic E-state index is 13.7. The van der Waals surface area contributed by atoms with E-state index < -0.39 is 34.8 Å². The van der Waals surface area contributed by atoms with Crippen LogP contribution in [0.5, 0.6) is 5.75 Å². The molecular formula is C21H20ClFN4O6S. The summed E-state index contributed by atoms with van der Waals surface area (Å²) in [5.41, 5.74) is -1.38. The molecule has 10 nitrogen and oxygen atoms in total. The monoisotopic (exact) mass is 510 g/mol. The normalized spacial score (nSPS) is 14.7. The number of hydrogen-bond acceptors (Lipinski definition) is 7. The molecule has 1 amide bonds. The Labute approximate surface area is 202 Å². The fourth-order valence-corrected chi connectivity index (χ4v) is 5.12. The number of rotatable bonds is 10. The lowest BCUT2D eigenvalue weighted by Gasteiger charge is -2.37. The maximum absolute atomic E-state index is 13.7. The number of carboxylic acid groups (broad SMARTS) is 2. The number of thioether (sulfide) groups is 1. The Hall–Kier alpha value is -3.35. The second-order valence-electron chi connectivity index (χ2n) is 7.28. The molecule has 2 aromatic carbocycles. The van der Waals surface area contributed by atoms with Crippen LogP contribution in [-0.2, 0) is 16.9 Å². The number of carbonyl (C=O) groups is 2. The van der Waals surface area contributed by atoms with Crippen molar-refractivity contribution in [2.75, 3.05) is 5.75 Å². The summed E-state index contributed by atoms with van der Waals surface area (Å²) in [6.07, 6.45) is 1.08. The van der Waals surface area contributed by atoms with Gasteiger partial charge in [-0.2, -0.15) is 5.10 Å². The molecule has 2 unspecified atom stereocenters. The van der Waals surface area contributed by atoms with Crippen LogP contribution in [0.2, 0.25) is 5.02 Å². The van der Waals surface area contributed by atoms with Crippen LogP contribution in [0, 0.1) is 5.82 Å². The SMILES string of the molecule is O=C(O)N[C@@H](CSC(c1cc(O)ccc1Cl)C(O)(Cn1cncn1)c1ccc(F)cc1)C(=O)O. The Morgan fingerprint density at radius 3 is 2.50 bits per heavy atom. The van der Waals surface area contributed by atoms with E-state index in [1.54, 1.807) is 0 Å². The van der Waals surface area contributed by atoms with E-state index in [1.807, 2.05) is 5.32 Å². The van der Waals surface area contributed by atoms with E-state index >= 15 is 0 Å². The Morgan fingerprint density at radius 1 is 1.21 bits per heavy atom. The molecule has 0 spiro atoms. The molecule has 180 valence electrons. The Kier molecular flexibility index (Phi) is 7.97. The van der Waals surface area contributed by atoms with Crippen LogP contribution in [0.3, 0.4) is 0 Å². The van der Waals surface area contributed by atoms with Crippen molar-refractivity contribution < 1.29 is 34.4 Å². The van der Waals surface area contributed by atoms with Gasteiger partial charge in [-0.25, -0.2) is 23.6 Å². The lowest BCUT2D eigenvalue weighted by atomic mass is 9.86. The van der Waals surface area contributed by atoms with Crippen molar-refractivity contribution >= 4 is 35.4 Å². The molecule has 3 atom stereocenters. The fourth-order valence-electron chi connectivity index (χ4n) is 3.36. The number of phenolic OH excluding ortho intramolecular Hbond substituents is 1. The number of carboxylic acids is 1. The van der Waals surface area contributed by atoms with Gasteiger partial charge in [0.2, 0.25) is 0 Å². The van der Waals surface area contributed by atoms with Gasteiger partial charge in [0.25, 0.3) is 0 Å². The Bertz CT molecular complexity index is 1150. The molecule has 0 fully saturated rings. The predicted molar refractivity (Wildman–Crippen MR) is 121 cm³/mol. The third-order valence-corrected chi connectivity index (χ3v) is 6.78. The minimum Gasteiger partial charge on any atom is -0.508 e. The van der Waals surface area contributed by atoms with Crippen molar-refractivity contribution in [1.29, 1.82) is 0 Å². The van der Waals surface area contributed by atoms with E-state index in [1.165, 1.54) is 47.7 Å². The molecule has 3 rings (SSSR count). The Morgan fingerprint density at radius 2 is 1.91 bits per heavy atom. The summed E-state index contributed by atoms with van der Waals surface area (Å²) in [6.45, 7) is -0.202. The highest BCUT2D eigenvalue weighted by molar-refractivity contribution is 7.99. The molecule has 0 aliphatic rings. The first kappa shape index (κ1) is 25.3. The van der Waals surface area contributed by atoms with Crippen LogP contribution in [0.15, 0.2) is 55.1 Å². The number of benzene rings is 2. The second kappa shape index (κ2) is 10.7. The number of aliphatic hydroxyl groups is 1. The topological polar surface area (TPSA) is 158 Å². The van der Waals surface area contributed by atoms with Gasteiger partial charge in [-0.1, -0.05) is 23.7 Å². The van der Waals surface area contributed by atoms with Crippen molar-refractivity contribution in [3.63, 3.8) is 0 Å². The minimum atomic E-state index is -1.88. The molecule has 5 N–H and O–H groups in total. The zero-order valence-electron chi connectivity index (χ0n) is 17.4. The molecule has 1 heterocycles. The number of phenols is 1. The van der Waals surface area contributed by atoms with Gasteiger partial charge in [0.1, 0.15) is 35.9 Å². The fraction of sp³-hybridized carbons (Fsp3) is 0.238. The van der Waals surface area contributed by atoms with Crippen LogP contribution in [0.1, 0.15) is 16.4 Å². The van der Waals surface area contributed by atoms with Gasteiger partial charge in [-0.15, -0.1) is 11.8 Å². The maximum Gasteiger partial charge on any atom is 0.405 e. The number of nitrogens with zero attached hydrogens (tertiary/aromatic N) is 3. The first-order valence-corrected chi connectivity index (χ1v) is 11.2. The van der Waals surface area contributed by atoms with E-state index in [2.05, 4.69) is 10.1 Å². The van der Waals surface area contributed by atoms with Gasteiger partial charge in [0, 0.05) is 10.8 Å². The zero-order valence-corrected chi connectivity index (χ0v) is 18.9. The van der Waals surface area contributed by atoms with E-state index in [-0.39, 0.29) is 34.2 Å². The second-order valence-corrected chi connectivity index (χ2v) is 8.83. The van der Waals surface area contributed by atoms with Crippen LogP contribution in [0.25, 0.3) is 0 Å². The number of halogens is 2. The van der Waals surface area contributed by atoms with Crippen molar-refractivity contribution in [1.82, 2.24) is 20.1 Å². The minimum absolute atomic E-state index is 0.160. The molecular weight excluding hydrogens is 491 g/mol. The molecule has 0 aliphatic carbocycles. The summed E-state index contributed by atoms with van der Waals surface area (Å²) in [5.74, 6) is -2.43. The van der Waals surface area contributed by atoms with Crippen molar-refractivity contribution in [2.24, 2.45) is 0 Å². The molecule has 1 aromatic heterocycles. The third kappa shape index (κ3) is 5.95. The van der Waals surface area contributed by atoms with Gasteiger partial charge in [0.05, 0.1) is 11.8 Å². The summed E-state index contributed by atoms with van der Waals surface area (Å²) in [5, 5.41) is 45.6. The largest absolute Gasteiger partial charge is 0.508 e. The van der Waals surface area contributed by atoms with Crippen molar-refractivity contribution in [2.45, 2.75) is 23.4 Å². The lowest BCUT2D eigenvalue weighted by molar-refractivity contribution is -0.138. The average molecular weight is 511 g/mol. The first-order valence-electron chi connectivity index (χ1n) is 9.73. The van der Waals surface area contributed by atoms with E-state index in [0.29, 0.717) is 0 Å². The number of aromatic hydroxyl groups is 1. The van der Waals surface area contributed by atoms with Crippen molar-refractivity contribution in [3.8, 4) is 5.75 Å². The van der Waals surface area contributed by atoms with Crippen LogP contribution < -0.4 is 5.32 Å². The molecule has 0 saturated heterocycles. The van der Waals surface area contributed by atoms with Crippen molar-refractivity contribution in [3.05, 3.63) is 77.1 Å². The number of aromatic nitrogens is 3. The van der Waals surface area contributed by atoms with Crippen LogP contribution >= 0.6 is 23.4 Å². The average Bonchev–Trinajstić information content (AvgIpc) is 3.28. The summed E-state index contributed by atoms with van der Waals surface area (Å²) in [4.78, 5) is 26.5. The molecule has 0 bridgehead atoms. The highest BCUT2D eigenvalue weighted by atomic mass is 35.5. The highest BCUT2D eigenvalue weighted by Gasteiger charge is 2.42. The summed E-state index contributed by atoms with van der Waals surface area (Å²) >= 11 is 7.29. The number of aliphatic carboxylic acids is 1. The summed E-state index contributed by atoms with van der Waals surface area (Å²) in [7, 11) is 0. The predicted octanol–water partition coefficient (Wildman–Crippen LogP) is 2.86.